The molecule has 0 radical (unpaired) electrons. The van der Waals surface area contributed by atoms with Crippen molar-refractivity contribution in [2.75, 3.05) is 6.61 Å². The first-order chi connectivity index (χ1) is 9.75. The second-order valence-electron chi connectivity index (χ2n) is 6.85. The molecule has 0 aromatic carbocycles. The van der Waals surface area contributed by atoms with Gasteiger partial charge >= 0.3 is 0 Å². The molecular formula is C16H28N2O2. The number of fused-ring (bicyclic) bond motifs is 1. The summed E-state index contributed by atoms with van der Waals surface area (Å²) in [5.41, 5.74) is 6.17. The second-order valence-corrected chi connectivity index (χ2v) is 6.85. The van der Waals surface area contributed by atoms with Crippen molar-refractivity contribution in [2.24, 2.45) is 17.6 Å². The van der Waals surface area contributed by atoms with E-state index < -0.39 is 0 Å². The molecule has 0 bridgehead atoms. The quantitative estimate of drug-likeness (QED) is 0.827. The van der Waals surface area contributed by atoms with Crippen LogP contribution in [0.15, 0.2) is 0 Å². The molecule has 3 fully saturated rings. The summed E-state index contributed by atoms with van der Waals surface area (Å²) < 4.78 is 5.76. The fourth-order valence-electron chi connectivity index (χ4n) is 4.20. The summed E-state index contributed by atoms with van der Waals surface area (Å²) in [4.78, 5) is 12.1. The molecule has 4 atom stereocenters. The van der Waals surface area contributed by atoms with Crippen LogP contribution in [-0.4, -0.2) is 30.7 Å². The van der Waals surface area contributed by atoms with Crippen LogP contribution in [0.1, 0.15) is 57.8 Å². The van der Waals surface area contributed by atoms with E-state index in [0.717, 1.165) is 31.8 Å². The van der Waals surface area contributed by atoms with E-state index >= 15 is 0 Å². The fourth-order valence-corrected chi connectivity index (χ4v) is 4.20. The van der Waals surface area contributed by atoms with E-state index in [4.69, 9.17) is 10.5 Å². The monoisotopic (exact) mass is 280 g/mol. The van der Waals surface area contributed by atoms with Crippen LogP contribution in [0.5, 0.6) is 0 Å². The van der Waals surface area contributed by atoms with Gasteiger partial charge in [0, 0.05) is 25.0 Å². The Bertz CT molecular complexity index is 341. The zero-order chi connectivity index (χ0) is 13.9. The molecule has 4 unspecified atom stereocenters. The lowest BCUT2D eigenvalue weighted by atomic mass is 9.68. The number of amides is 1. The minimum atomic E-state index is 0.0548. The van der Waals surface area contributed by atoms with Crippen molar-refractivity contribution < 1.29 is 9.53 Å². The lowest BCUT2D eigenvalue weighted by Gasteiger charge is -2.52. The first-order valence-electron chi connectivity index (χ1n) is 8.42. The summed E-state index contributed by atoms with van der Waals surface area (Å²) in [6.45, 7) is 0.822. The largest absolute Gasteiger partial charge is 0.376 e. The molecular weight excluding hydrogens is 252 g/mol. The molecule has 3 rings (SSSR count). The molecule has 2 aliphatic carbocycles. The normalized spacial score (nSPS) is 37.9. The third-order valence-corrected chi connectivity index (χ3v) is 5.51. The van der Waals surface area contributed by atoms with Gasteiger partial charge in [-0.05, 0) is 25.2 Å². The Morgan fingerprint density at radius 2 is 1.95 bits per heavy atom. The molecule has 1 saturated heterocycles. The second kappa shape index (κ2) is 6.44. The van der Waals surface area contributed by atoms with Crippen LogP contribution in [0.2, 0.25) is 0 Å². The lowest BCUT2D eigenvalue weighted by Crippen LogP contribution is -2.72. The number of hydrogen-bond acceptors (Lipinski definition) is 3. The van der Waals surface area contributed by atoms with E-state index in [1.807, 2.05) is 0 Å². The van der Waals surface area contributed by atoms with Crippen LogP contribution >= 0.6 is 0 Å². The Kier molecular flexibility index (Phi) is 4.61. The van der Waals surface area contributed by atoms with Crippen LogP contribution < -0.4 is 11.1 Å². The Morgan fingerprint density at radius 1 is 1.15 bits per heavy atom. The Labute approximate surface area is 121 Å². The molecule has 0 aromatic rings. The SMILES string of the molecule is NC1C2CCCOC2C1NC(=O)CCC1CCCCC1. The summed E-state index contributed by atoms with van der Waals surface area (Å²) in [5.74, 6) is 1.40. The number of nitrogens with two attached hydrogens (primary N) is 1. The molecule has 114 valence electrons. The summed E-state index contributed by atoms with van der Waals surface area (Å²) in [7, 11) is 0. The van der Waals surface area contributed by atoms with Crippen LogP contribution in [-0.2, 0) is 9.53 Å². The average molecular weight is 280 g/mol. The van der Waals surface area contributed by atoms with Gasteiger partial charge in [-0.2, -0.15) is 0 Å². The number of ether oxygens (including phenoxy) is 1. The van der Waals surface area contributed by atoms with Gasteiger partial charge in [0.15, 0.2) is 0 Å². The Morgan fingerprint density at radius 3 is 2.75 bits per heavy atom. The predicted octanol–water partition coefficient (Wildman–Crippen LogP) is 1.97. The minimum absolute atomic E-state index is 0.0548. The average Bonchev–Trinajstić information content (AvgIpc) is 2.51. The smallest absolute Gasteiger partial charge is 0.220 e. The molecule has 1 aliphatic heterocycles. The third kappa shape index (κ3) is 3.01. The van der Waals surface area contributed by atoms with E-state index in [-0.39, 0.29) is 24.1 Å². The Balaban J connectivity index is 1.40. The number of nitrogens with one attached hydrogen (secondary N) is 1. The standard InChI is InChI=1S/C16H28N2O2/c17-14-12-7-4-10-20-16(12)15(14)18-13(19)9-8-11-5-2-1-3-6-11/h11-12,14-16H,1-10,17H2,(H,18,19). The third-order valence-electron chi connectivity index (χ3n) is 5.51. The van der Waals surface area contributed by atoms with E-state index in [1.165, 1.54) is 32.1 Å². The molecule has 0 aromatic heterocycles. The summed E-state index contributed by atoms with van der Waals surface area (Å²) in [6.07, 6.45) is 10.8. The van der Waals surface area contributed by atoms with Crippen molar-refractivity contribution in [3.8, 4) is 0 Å². The van der Waals surface area contributed by atoms with Gasteiger partial charge in [-0.25, -0.2) is 0 Å². The number of carbonyl (C=O) groups is 1. The van der Waals surface area contributed by atoms with Crippen LogP contribution in [0.25, 0.3) is 0 Å². The van der Waals surface area contributed by atoms with Gasteiger partial charge in [-0.15, -0.1) is 0 Å². The molecule has 0 spiro atoms. The molecule has 2 saturated carbocycles. The van der Waals surface area contributed by atoms with Crippen molar-refractivity contribution in [3.63, 3.8) is 0 Å². The van der Waals surface area contributed by atoms with Gasteiger partial charge in [0.05, 0.1) is 12.1 Å². The maximum atomic E-state index is 12.1. The summed E-state index contributed by atoms with van der Waals surface area (Å²) in [6, 6.07) is 0.151. The number of hydrogen-bond donors (Lipinski definition) is 2. The van der Waals surface area contributed by atoms with Gasteiger partial charge in [-0.3, -0.25) is 4.79 Å². The van der Waals surface area contributed by atoms with Gasteiger partial charge in [0.2, 0.25) is 5.91 Å². The van der Waals surface area contributed by atoms with E-state index in [9.17, 15) is 4.79 Å². The molecule has 20 heavy (non-hydrogen) atoms. The van der Waals surface area contributed by atoms with E-state index in [0.29, 0.717) is 12.3 Å². The van der Waals surface area contributed by atoms with Gasteiger partial charge in [-0.1, -0.05) is 32.1 Å². The number of carbonyl (C=O) groups excluding carboxylic acids is 1. The topological polar surface area (TPSA) is 64.3 Å². The Hall–Kier alpha value is -0.610. The van der Waals surface area contributed by atoms with Gasteiger partial charge in [0.1, 0.15) is 0 Å². The maximum Gasteiger partial charge on any atom is 0.220 e. The van der Waals surface area contributed by atoms with Crippen molar-refractivity contribution in [3.05, 3.63) is 0 Å². The highest BCUT2D eigenvalue weighted by molar-refractivity contribution is 5.76. The fraction of sp³-hybridized carbons (Fsp3) is 0.938. The van der Waals surface area contributed by atoms with Crippen molar-refractivity contribution >= 4 is 5.91 Å². The highest BCUT2D eigenvalue weighted by Crippen LogP contribution is 2.37. The predicted molar refractivity (Wildman–Crippen MR) is 78.2 cm³/mol. The lowest BCUT2D eigenvalue weighted by molar-refractivity contribution is -0.139. The minimum Gasteiger partial charge on any atom is -0.376 e. The molecule has 4 heteroatoms. The van der Waals surface area contributed by atoms with Crippen LogP contribution in [0.4, 0.5) is 0 Å². The molecule has 1 heterocycles. The first-order valence-corrected chi connectivity index (χ1v) is 8.42. The highest BCUT2D eigenvalue weighted by Gasteiger charge is 2.50. The molecule has 1 amide bonds. The highest BCUT2D eigenvalue weighted by atomic mass is 16.5. The van der Waals surface area contributed by atoms with Gasteiger partial charge in [0.25, 0.3) is 0 Å². The van der Waals surface area contributed by atoms with Crippen LogP contribution in [0, 0.1) is 11.8 Å². The van der Waals surface area contributed by atoms with Gasteiger partial charge < -0.3 is 15.8 Å². The van der Waals surface area contributed by atoms with Crippen molar-refractivity contribution in [2.45, 2.75) is 76.0 Å². The van der Waals surface area contributed by atoms with Crippen molar-refractivity contribution in [1.29, 1.82) is 0 Å². The summed E-state index contributed by atoms with van der Waals surface area (Å²) >= 11 is 0. The van der Waals surface area contributed by atoms with E-state index in [2.05, 4.69) is 5.32 Å². The number of rotatable bonds is 4. The first kappa shape index (κ1) is 14.3. The molecule has 4 nitrogen and oxygen atoms in total. The maximum absolute atomic E-state index is 12.1. The zero-order valence-corrected chi connectivity index (χ0v) is 12.4. The molecule has 3 N–H and O–H groups in total. The zero-order valence-electron chi connectivity index (χ0n) is 12.4. The van der Waals surface area contributed by atoms with Crippen molar-refractivity contribution in [1.82, 2.24) is 5.32 Å². The van der Waals surface area contributed by atoms with Crippen LogP contribution in [0.3, 0.4) is 0 Å². The van der Waals surface area contributed by atoms with E-state index in [1.54, 1.807) is 0 Å². The summed E-state index contributed by atoms with van der Waals surface area (Å²) in [5, 5.41) is 3.12. The molecule has 3 aliphatic rings.